The first-order valence-electron chi connectivity index (χ1n) is 6.19. The predicted octanol–water partition coefficient (Wildman–Crippen LogP) is 4.36. The molecule has 1 heteroatoms. The van der Waals surface area contributed by atoms with Gasteiger partial charge in [-0.15, -0.1) is 0 Å². The third-order valence-corrected chi connectivity index (χ3v) is 2.60. The topological polar surface area (TPSA) is 12.4 Å². The fourth-order valence-corrected chi connectivity index (χ4v) is 1.66. The van der Waals surface area contributed by atoms with Crippen LogP contribution in [0.2, 0.25) is 0 Å². The molecule has 0 aliphatic rings. The van der Waals surface area contributed by atoms with E-state index in [1.54, 1.807) is 0 Å². The van der Waals surface area contributed by atoms with Gasteiger partial charge < -0.3 is 0 Å². The van der Waals surface area contributed by atoms with Gasteiger partial charge in [0.15, 0.2) is 0 Å². The number of hydrogen-bond acceptors (Lipinski definition) is 1. The fraction of sp³-hybridized carbons (Fsp3) is 0.118. The second-order valence-electron chi connectivity index (χ2n) is 4.06. The van der Waals surface area contributed by atoms with Crippen molar-refractivity contribution in [1.82, 2.24) is 0 Å². The van der Waals surface area contributed by atoms with Crippen molar-refractivity contribution in [3.8, 4) is 0 Å². The molecule has 0 bridgehead atoms. The lowest BCUT2D eigenvalue weighted by molar-refractivity contribution is 1.07. The van der Waals surface area contributed by atoms with Gasteiger partial charge in [-0.2, -0.15) is 0 Å². The van der Waals surface area contributed by atoms with E-state index in [2.05, 4.69) is 41.4 Å². The summed E-state index contributed by atoms with van der Waals surface area (Å²) in [6.07, 6.45) is 7.09. The summed E-state index contributed by atoms with van der Waals surface area (Å²) in [6.45, 7) is 0.764. The summed E-state index contributed by atoms with van der Waals surface area (Å²) < 4.78 is 0. The smallest absolute Gasteiger partial charge is 0.0635 e. The SMILES string of the molecule is C(C/C=C/c1ccccc1)=NCc1ccccc1. The van der Waals surface area contributed by atoms with Crippen LogP contribution in [0.25, 0.3) is 6.08 Å². The summed E-state index contributed by atoms with van der Waals surface area (Å²) in [4.78, 5) is 4.40. The van der Waals surface area contributed by atoms with E-state index in [1.807, 2.05) is 42.6 Å². The fourth-order valence-electron chi connectivity index (χ4n) is 1.66. The third kappa shape index (κ3) is 4.38. The van der Waals surface area contributed by atoms with Crippen LogP contribution in [-0.4, -0.2) is 6.21 Å². The van der Waals surface area contributed by atoms with Gasteiger partial charge in [0.1, 0.15) is 0 Å². The monoisotopic (exact) mass is 235 g/mol. The van der Waals surface area contributed by atoms with E-state index in [0.29, 0.717) is 0 Å². The van der Waals surface area contributed by atoms with Gasteiger partial charge in [0, 0.05) is 12.6 Å². The highest BCUT2D eigenvalue weighted by molar-refractivity contribution is 5.62. The maximum atomic E-state index is 4.40. The maximum absolute atomic E-state index is 4.40. The highest BCUT2D eigenvalue weighted by Gasteiger charge is 1.85. The van der Waals surface area contributed by atoms with Crippen molar-refractivity contribution in [3.63, 3.8) is 0 Å². The molecule has 90 valence electrons. The van der Waals surface area contributed by atoms with E-state index in [0.717, 1.165) is 13.0 Å². The number of benzene rings is 2. The molecule has 1 nitrogen and oxygen atoms in total. The molecule has 0 amide bonds. The molecular weight excluding hydrogens is 218 g/mol. The Bertz CT molecular complexity index is 498. The van der Waals surface area contributed by atoms with Crippen LogP contribution in [-0.2, 0) is 6.54 Å². The summed E-state index contributed by atoms with van der Waals surface area (Å²) in [5.74, 6) is 0. The normalized spacial score (nSPS) is 11.3. The molecule has 0 atom stereocenters. The van der Waals surface area contributed by atoms with Crippen LogP contribution in [0.5, 0.6) is 0 Å². The largest absolute Gasteiger partial charge is 0.292 e. The average Bonchev–Trinajstić information content (AvgIpc) is 2.45. The number of aliphatic imine (C=N–C) groups is 1. The van der Waals surface area contributed by atoms with Crippen molar-refractivity contribution in [2.45, 2.75) is 13.0 Å². The Hall–Kier alpha value is -2.15. The molecule has 0 saturated carbocycles. The summed E-state index contributed by atoms with van der Waals surface area (Å²) in [6, 6.07) is 20.6. The van der Waals surface area contributed by atoms with Crippen LogP contribution in [0.15, 0.2) is 71.7 Å². The van der Waals surface area contributed by atoms with E-state index in [1.165, 1.54) is 11.1 Å². The van der Waals surface area contributed by atoms with Gasteiger partial charge in [0.25, 0.3) is 0 Å². The van der Waals surface area contributed by atoms with Gasteiger partial charge in [-0.1, -0.05) is 72.8 Å². The van der Waals surface area contributed by atoms with Crippen LogP contribution in [0.4, 0.5) is 0 Å². The standard InChI is InChI=1S/C17H17N/c1-3-9-16(10-4-1)11-7-8-14-18-15-17-12-5-2-6-13-17/h1-7,9-14H,8,15H2/b11-7+,18-14?. The zero-order valence-electron chi connectivity index (χ0n) is 10.4. The van der Waals surface area contributed by atoms with Gasteiger partial charge >= 0.3 is 0 Å². The third-order valence-electron chi connectivity index (χ3n) is 2.60. The summed E-state index contributed by atoms with van der Waals surface area (Å²) in [7, 11) is 0. The molecular formula is C17H17N. The first-order valence-corrected chi connectivity index (χ1v) is 6.19. The molecule has 0 N–H and O–H groups in total. The maximum Gasteiger partial charge on any atom is 0.0635 e. The van der Waals surface area contributed by atoms with Gasteiger partial charge in [0.05, 0.1) is 6.54 Å². The summed E-state index contributed by atoms with van der Waals surface area (Å²) in [5, 5.41) is 0. The minimum Gasteiger partial charge on any atom is -0.292 e. The number of nitrogens with zero attached hydrogens (tertiary/aromatic N) is 1. The first-order chi connectivity index (χ1) is 8.95. The van der Waals surface area contributed by atoms with Crippen molar-refractivity contribution in [3.05, 3.63) is 77.9 Å². The van der Waals surface area contributed by atoms with Crippen LogP contribution in [0.3, 0.4) is 0 Å². The number of hydrogen-bond donors (Lipinski definition) is 0. The first kappa shape index (κ1) is 12.3. The average molecular weight is 235 g/mol. The van der Waals surface area contributed by atoms with Crippen LogP contribution < -0.4 is 0 Å². The van der Waals surface area contributed by atoms with Crippen molar-refractivity contribution < 1.29 is 0 Å². The second-order valence-corrected chi connectivity index (χ2v) is 4.06. The zero-order chi connectivity index (χ0) is 12.5. The van der Waals surface area contributed by atoms with Crippen molar-refractivity contribution in [2.75, 3.05) is 0 Å². The number of allylic oxidation sites excluding steroid dienone is 1. The van der Waals surface area contributed by atoms with E-state index in [4.69, 9.17) is 0 Å². The van der Waals surface area contributed by atoms with Crippen LogP contribution >= 0.6 is 0 Å². The van der Waals surface area contributed by atoms with Crippen molar-refractivity contribution in [2.24, 2.45) is 4.99 Å². The Morgan fingerprint density at radius 2 is 1.50 bits per heavy atom. The van der Waals surface area contributed by atoms with Crippen LogP contribution in [0.1, 0.15) is 17.5 Å². The molecule has 0 aliphatic heterocycles. The highest BCUT2D eigenvalue weighted by atomic mass is 14.7. The minimum atomic E-state index is 0.764. The Labute approximate surface area is 109 Å². The summed E-state index contributed by atoms with van der Waals surface area (Å²) >= 11 is 0. The molecule has 18 heavy (non-hydrogen) atoms. The molecule has 0 unspecified atom stereocenters. The molecule has 0 aliphatic carbocycles. The Morgan fingerprint density at radius 3 is 2.22 bits per heavy atom. The van der Waals surface area contributed by atoms with E-state index in [9.17, 15) is 0 Å². The van der Waals surface area contributed by atoms with Gasteiger partial charge in [-0.3, -0.25) is 4.99 Å². The molecule has 2 aromatic carbocycles. The van der Waals surface area contributed by atoms with E-state index < -0.39 is 0 Å². The molecule has 2 aromatic rings. The lowest BCUT2D eigenvalue weighted by Crippen LogP contribution is -1.80. The molecule has 0 aromatic heterocycles. The lowest BCUT2D eigenvalue weighted by atomic mass is 10.2. The second kappa shape index (κ2) is 7.23. The van der Waals surface area contributed by atoms with Crippen molar-refractivity contribution >= 4 is 12.3 Å². The Balaban J connectivity index is 1.74. The molecule has 0 radical (unpaired) electrons. The highest BCUT2D eigenvalue weighted by Crippen LogP contribution is 2.02. The molecule has 0 spiro atoms. The van der Waals surface area contributed by atoms with Crippen LogP contribution in [0, 0.1) is 0 Å². The summed E-state index contributed by atoms with van der Waals surface area (Å²) in [5.41, 5.74) is 2.48. The molecule has 2 rings (SSSR count). The van der Waals surface area contributed by atoms with Gasteiger partial charge in [0.2, 0.25) is 0 Å². The van der Waals surface area contributed by atoms with Gasteiger partial charge in [-0.05, 0) is 11.1 Å². The Kier molecular flexibility index (Phi) is 4.94. The zero-order valence-corrected chi connectivity index (χ0v) is 10.4. The van der Waals surface area contributed by atoms with E-state index in [-0.39, 0.29) is 0 Å². The quantitative estimate of drug-likeness (QED) is 0.683. The van der Waals surface area contributed by atoms with E-state index >= 15 is 0 Å². The molecule has 0 fully saturated rings. The lowest BCUT2D eigenvalue weighted by Gasteiger charge is -1.93. The Morgan fingerprint density at radius 1 is 0.833 bits per heavy atom. The number of rotatable bonds is 5. The van der Waals surface area contributed by atoms with Gasteiger partial charge in [-0.25, -0.2) is 0 Å². The molecule has 0 heterocycles. The minimum absolute atomic E-state index is 0.764. The predicted molar refractivity (Wildman–Crippen MR) is 78.7 cm³/mol. The molecule has 0 saturated heterocycles. The van der Waals surface area contributed by atoms with Crippen molar-refractivity contribution in [1.29, 1.82) is 0 Å².